The number of ketones is 1. The minimum Gasteiger partial charge on any atom is -0.294 e. The lowest BCUT2D eigenvalue weighted by molar-refractivity contribution is 0.101. The molecule has 16 heavy (non-hydrogen) atoms. The molecule has 0 amide bonds. The van der Waals surface area contributed by atoms with Crippen LogP contribution < -0.4 is 0 Å². The Bertz CT molecular complexity index is 523. The van der Waals surface area contributed by atoms with Gasteiger partial charge in [0.25, 0.3) is 0 Å². The summed E-state index contributed by atoms with van der Waals surface area (Å²) in [6.07, 6.45) is 2.88. The van der Waals surface area contributed by atoms with Gasteiger partial charge in [-0.1, -0.05) is 12.1 Å². The van der Waals surface area contributed by atoms with Gasteiger partial charge >= 0.3 is 0 Å². The lowest BCUT2D eigenvalue weighted by Crippen LogP contribution is -1.96. The van der Waals surface area contributed by atoms with Gasteiger partial charge in [-0.3, -0.25) is 4.79 Å². The summed E-state index contributed by atoms with van der Waals surface area (Å²) in [5.41, 5.74) is 1.04. The molecule has 0 N–H and O–H groups in total. The van der Waals surface area contributed by atoms with Gasteiger partial charge in [0.1, 0.15) is 5.82 Å². The Hall–Kier alpha value is -2.10. The number of carbonyl (C=O) groups is 1. The highest BCUT2D eigenvalue weighted by Crippen LogP contribution is 2.15. The van der Waals surface area contributed by atoms with Crippen LogP contribution in [0.2, 0.25) is 0 Å². The lowest BCUT2D eigenvalue weighted by Gasteiger charge is -2.00. The van der Waals surface area contributed by atoms with Crippen LogP contribution in [0, 0.1) is 5.82 Å². The van der Waals surface area contributed by atoms with E-state index in [1.165, 1.54) is 31.5 Å². The van der Waals surface area contributed by atoms with Gasteiger partial charge in [0.2, 0.25) is 0 Å². The molecule has 2 aromatic rings. The van der Waals surface area contributed by atoms with Gasteiger partial charge in [-0.15, -0.1) is 0 Å². The summed E-state index contributed by atoms with van der Waals surface area (Å²) in [6, 6.07) is 6.01. The maximum atomic E-state index is 13.0. The van der Waals surface area contributed by atoms with Gasteiger partial charge in [0, 0.05) is 18.0 Å². The third-order valence-electron chi connectivity index (χ3n) is 2.14. The number of nitrogens with zero attached hydrogens (tertiary/aromatic N) is 2. The fourth-order valence-electron chi connectivity index (χ4n) is 1.29. The second kappa shape index (κ2) is 4.18. The van der Waals surface area contributed by atoms with Crippen LogP contribution in [0.15, 0.2) is 36.7 Å². The molecule has 0 unspecified atom stereocenters. The molecule has 0 fully saturated rings. The zero-order valence-corrected chi connectivity index (χ0v) is 8.64. The molecule has 0 saturated carbocycles. The largest absolute Gasteiger partial charge is 0.294 e. The molecule has 2 rings (SSSR count). The smallest absolute Gasteiger partial charge is 0.162 e. The van der Waals surface area contributed by atoms with Gasteiger partial charge in [0.15, 0.2) is 11.6 Å². The van der Waals surface area contributed by atoms with E-state index in [1.54, 1.807) is 12.1 Å². The number of hydrogen-bond donors (Lipinski definition) is 0. The number of halogens is 1. The van der Waals surface area contributed by atoms with Crippen molar-refractivity contribution in [2.24, 2.45) is 0 Å². The van der Waals surface area contributed by atoms with E-state index in [9.17, 15) is 9.18 Å². The molecule has 0 saturated heterocycles. The molecule has 1 aromatic heterocycles. The SMILES string of the molecule is CC(=O)c1cnc(-c2cccc(F)c2)nc1. The summed E-state index contributed by atoms with van der Waals surface area (Å²) < 4.78 is 13.0. The van der Waals surface area contributed by atoms with Crippen molar-refractivity contribution in [3.8, 4) is 11.4 Å². The van der Waals surface area contributed by atoms with Crippen molar-refractivity contribution >= 4 is 5.78 Å². The summed E-state index contributed by atoms with van der Waals surface area (Å²) >= 11 is 0. The van der Waals surface area contributed by atoms with Crippen molar-refractivity contribution in [2.75, 3.05) is 0 Å². The molecule has 1 heterocycles. The standard InChI is InChI=1S/C12H9FN2O/c1-8(16)10-6-14-12(15-7-10)9-3-2-4-11(13)5-9/h2-7H,1H3. The van der Waals surface area contributed by atoms with E-state index in [4.69, 9.17) is 0 Å². The van der Waals surface area contributed by atoms with E-state index in [0.29, 0.717) is 17.0 Å². The predicted octanol–water partition coefficient (Wildman–Crippen LogP) is 2.49. The molecular formula is C12H9FN2O. The summed E-state index contributed by atoms with van der Waals surface area (Å²) in [5.74, 6) is -0.0213. The van der Waals surface area contributed by atoms with Crippen LogP contribution in [0.3, 0.4) is 0 Å². The Morgan fingerprint density at radius 2 is 1.94 bits per heavy atom. The highest BCUT2D eigenvalue weighted by Gasteiger charge is 2.04. The molecule has 0 aliphatic carbocycles. The molecule has 0 aliphatic rings. The van der Waals surface area contributed by atoms with Crippen molar-refractivity contribution in [2.45, 2.75) is 6.92 Å². The highest BCUT2D eigenvalue weighted by molar-refractivity contribution is 5.93. The van der Waals surface area contributed by atoms with Crippen LogP contribution in [-0.2, 0) is 0 Å². The summed E-state index contributed by atoms with van der Waals surface area (Å²) in [4.78, 5) is 19.0. The van der Waals surface area contributed by atoms with Crippen molar-refractivity contribution in [1.82, 2.24) is 9.97 Å². The number of benzene rings is 1. The van der Waals surface area contributed by atoms with E-state index in [0.717, 1.165) is 0 Å². The number of rotatable bonds is 2. The molecule has 3 nitrogen and oxygen atoms in total. The number of Topliss-reactive ketones (excluding diaryl/α,β-unsaturated/α-hetero) is 1. The lowest BCUT2D eigenvalue weighted by atomic mass is 10.2. The van der Waals surface area contributed by atoms with Gasteiger partial charge < -0.3 is 0 Å². The zero-order valence-electron chi connectivity index (χ0n) is 8.64. The van der Waals surface area contributed by atoms with Crippen LogP contribution in [0.1, 0.15) is 17.3 Å². The average molecular weight is 216 g/mol. The molecule has 4 heteroatoms. The minimum atomic E-state index is -0.336. The fraction of sp³-hybridized carbons (Fsp3) is 0.0833. The Balaban J connectivity index is 2.38. The third-order valence-corrected chi connectivity index (χ3v) is 2.14. The molecular weight excluding hydrogens is 207 g/mol. The summed E-state index contributed by atoms with van der Waals surface area (Å²) in [7, 11) is 0. The second-order valence-electron chi connectivity index (χ2n) is 3.36. The maximum Gasteiger partial charge on any atom is 0.162 e. The summed E-state index contributed by atoms with van der Waals surface area (Å²) in [6.45, 7) is 1.44. The van der Waals surface area contributed by atoms with E-state index >= 15 is 0 Å². The zero-order chi connectivity index (χ0) is 11.5. The normalized spacial score (nSPS) is 10.1. The van der Waals surface area contributed by atoms with Gasteiger partial charge in [-0.05, 0) is 19.1 Å². The number of aromatic nitrogens is 2. The van der Waals surface area contributed by atoms with Gasteiger partial charge in [-0.25, -0.2) is 14.4 Å². The molecule has 0 atom stereocenters. The van der Waals surface area contributed by atoms with E-state index in [1.807, 2.05) is 0 Å². The summed E-state index contributed by atoms with van der Waals surface area (Å²) in [5, 5.41) is 0. The Morgan fingerprint density at radius 3 is 2.50 bits per heavy atom. The van der Waals surface area contributed by atoms with Crippen molar-refractivity contribution < 1.29 is 9.18 Å². The van der Waals surface area contributed by atoms with E-state index in [2.05, 4.69) is 9.97 Å². The first-order valence-electron chi connectivity index (χ1n) is 4.76. The van der Waals surface area contributed by atoms with E-state index < -0.39 is 0 Å². The average Bonchev–Trinajstić information content (AvgIpc) is 2.29. The van der Waals surface area contributed by atoms with Crippen LogP contribution in [0.25, 0.3) is 11.4 Å². The molecule has 0 aliphatic heterocycles. The molecule has 80 valence electrons. The fourth-order valence-corrected chi connectivity index (χ4v) is 1.29. The Labute approximate surface area is 92.0 Å². The molecule has 0 bridgehead atoms. The van der Waals surface area contributed by atoms with Gasteiger partial charge in [0.05, 0.1) is 5.56 Å². The number of carbonyl (C=O) groups excluding carboxylic acids is 1. The molecule has 1 aromatic carbocycles. The molecule has 0 spiro atoms. The minimum absolute atomic E-state index is 0.0919. The maximum absolute atomic E-state index is 13.0. The van der Waals surface area contributed by atoms with Crippen molar-refractivity contribution in [3.05, 3.63) is 48.0 Å². The molecule has 0 radical (unpaired) electrons. The van der Waals surface area contributed by atoms with Crippen LogP contribution >= 0.6 is 0 Å². The monoisotopic (exact) mass is 216 g/mol. The van der Waals surface area contributed by atoms with Crippen LogP contribution in [0.5, 0.6) is 0 Å². The highest BCUT2D eigenvalue weighted by atomic mass is 19.1. The Kier molecular flexibility index (Phi) is 2.72. The van der Waals surface area contributed by atoms with Crippen LogP contribution in [-0.4, -0.2) is 15.8 Å². The van der Waals surface area contributed by atoms with Crippen LogP contribution in [0.4, 0.5) is 4.39 Å². The van der Waals surface area contributed by atoms with E-state index in [-0.39, 0.29) is 11.6 Å². The quantitative estimate of drug-likeness (QED) is 0.724. The third kappa shape index (κ3) is 2.11. The second-order valence-corrected chi connectivity index (χ2v) is 3.36. The van der Waals surface area contributed by atoms with Crippen molar-refractivity contribution in [3.63, 3.8) is 0 Å². The number of hydrogen-bond acceptors (Lipinski definition) is 3. The predicted molar refractivity (Wildman–Crippen MR) is 57.4 cm³/mol. The first kappa shape index (κ1) is 10.4. The van der Waals surface area contributed by atoms with Crippen molar-refractivity contribution in [1.29, 1.82) is 0 Å². The first-order chi connectivity index (χ1) is 7.66. The Morgan fingerprint density at radius 1 is 1.25 bits per heavy atom. The topological polar surface area (TPSA) is 42.9 Å². The van der Waals surface area contributed by atoms with Gasteiger partial charge in [-0.2, -0.15) is 0 Å². The first-order valence-corrected chi connectivity index (χ1v) is 4.76.